The molecule has 0 radical (unpaired) electrons. The van der Waals surface area contributed by atoms with Crippen LogP contribution in [0.15, 0.2) is 70.6 Å². The van der Waals surface area contributed by atoms with E-state index in [2.05, 4.69) is 17.6 Å². The highest BCUT2D eigenvalue weighted by atomic mass is 35.5. The van der Waals surface area contributed by atoms with E-state index in [0.29, 0.717) is 23.6 Å². The molecule has 0 atom stereocenters. The summed E-state index contributed by atoms with van der Waals surface area (Å²) < 4.78 is 59.7. The van der Waals surface area contributed by atoms with Gasteiger partial charge in [-0.1, -0.05) is 36.1 Å². The SMILES string of the molecule is C=C1C=CC(C(F)(F)F)=C(Cl)C=C=C1Nc1ccc(C2CCC(CCC(=O)OC(C)(C)C)CC2)c(F)c1. The van der Waals surface area contributed by atoms with Crippen molar-refractivity contribution in [1.82, 2.24) is 0 Å². The van der Waals surface area contributed by atoms with Gasteiger partial charge in [-0.25, -0.2) is 4.39 Å². The summed E-state index contributed by atoms with van der Waals surface area (Å²) in [4.78, 5) is 12.0. The number of halogens is 5. The predicted molar refractivity (Wildman–Crippen MR) is 139 cm³/mol. The number of hydrogen-bond acceptors (Lipinski definition) is 3. The van der Waals surface area contributed by atoms with Gasteiger partial charge in [-0.2, -0.15) is 13.2 Å². The van der Waals surface area contributed by atoms with E-state index >= 15 is 4.39 Å². The second-order valence-electron chi connectivity index (χ2n) is 10.5. The molecule has 0 aromatic heterocycles. The summed E-state index contributed by atoms with van der Waals surface area (Å²) in [6.45, 7) is 9.33. The van der Waals surface area contributed by atoms with Crippen LogP contribution in [0.3, 0.4) is 0 Å². The minimum absolute atomic E-state index is 0.0926. The Kier molecular flexibility index (Phi) is 9.14. The lowest BCUT2D eigenvalue weighted by Crippen LogP contribution is -2.24. The summed E-state index contributed by atoms with van der Waals surface area (Å²) in [7, 11) is 0. The largest absolute Gasteiger partial charge is 0.460 e. The van der Waals surface area contributed by atoms with E-state index in [1.807, 2.05) is 20.8 Å². The first kappa shape index (κ1) is 28.8. The van der Waals surface area contributed by atoms with Crippen molar-refractivity contribution in [3.8, 4) is 0 Å². The number of nitrogens with one attached hydrogen (secondary N) is 1. The highest BCUT2D eigenvalue weighted by Gasteiger charge is 2.34. The van der Waals surface area contributed by atoms with Gasteiger partial charge in [0, 0.05) is 18.2 Å². The lowest BCUT2D eigenvalue weighted by molar-refractivity contribution is -0.155. The smallest absolute Gasteiger partial charge is 0.417 e. The van der Waals surface area contributed by atoms with Gasteiger partial charge < -0.3 is 10.1 Å². The molecule has 0 saturated heterocycles. The number of anilines is 1. The fraction of sp³-hybridized carbons (Fsp3) is 0.448. The molecule has 1 aromatic rings. The number of ether oxygens (including phenoxy) is 1. The van der Waals surface area contributed by atoms with E-state index < -0.39 is 22.4 Å². The van der Waals surface area contributed by atoms with Crippen molar-refractivity contribution in [2.45, 2.75) is 77.0 Å². The van der Waals surface area contributed by atoms with Crippen molar-refractivity contribution in [3.63, 3.8) is 0 Å². The molecule has 0 aliphatic heterocycles. The van der Waals surface area contributed by atoms with Crippen LogP contribution in [0.1, 0.15) is 70.8 Å². The maximum Gasteiger partial charge on any atom is 0.417 e. The Bertz CT molecular complexity index is 1160. The molecule has 1 N–H and O–H groups in total. The van der Waals surface area contributed by atoms with E-state index in [0.717, 1.165) is 44.3 Å². The van der Waals surface area contributed by atoms with Crippen molar-refractivity contribution in [2.24, 2.45) is 5.92 Å². The van der Waals surface area contributed by atoms with Gasteiger partial charge in [0.2, 0.25) is 0 Å². The third-order valence-electron chi connectivity index (χ3n) is 6.41. The summed E-state index contributed by atoms with van der Waals surface area (Å²) in [5.41, 5.74) is 2.81. The monoisotopic (exact) mass is 537 g/mol. The van der Waals surface area contributed by atoms with E-state index in [-0.39, 0.29) is 29.0 Å². The summed E-state index contributed by atoms with van der Waals surface area (Å²) in [5, 5.41) is 2.47. The highest BCUT2D eigenvalue weighted by molar-refractivity contribution is 6.31. The van der Waals surface area contributed by atoms with Crippen molar-refractivity contribution in [3.05, 3.63) is 82.0 Å². The fourth-order valence-electron chi connectivity index (χ4n) is 4.56. The molecule has 3 nitrogen and oxygen atoms in total. The second-order valence-corrected chi connectivity index (χ2v) is 10.9. The summed E-state index contributed by atoms with van der Waals surface area (Å²) in [6.07, 6.45) is 3.16. The number of carbonyl (C=O) groups excluding carboxylic acids is 1. The molecule has 0 amide bonds. The number of esters is 1. The summed E-state index contributed by atoms with van der Waals surface area (Å²) >= 11 is 5.80. The highest BCUT2D eigenvalue weighted by Crippen LogP contribution is 2.39. The lowest BCUT2D eigenvalue weighted by Gasteiger charge is -2.29. The average molecular weight is 538 g/mol. The van der Waals surface area contributed by atoms with Crippen molar-refractivity contribution in [2.75, 3.05) is 5.32 Å². The third kappa shape index (κ3) is 8.37. The van der Waals surface area contributed by atoms with Crippen molar-refractivity contribution in [1.29, 1.82) is 0 Å². The van der Waals surface area contributed by atoms with Gasteiger partial charge in [-0.3, -0.25) is 4.79 Å². The molecule has 0 heterocycles. The average Bonchev–Trinajstić information content (AvgIpc) is 2.78. The van der Waals surface area contributed by atoms with Crippen LogP contribution >= 0.6 is 11.6 Å². The third-order valence-corrected chi connectivity index (χ3v) is 6.72. The van der Waals surface area contributed by atoms with Crippen LogP contribution in [0.25, 0.3) is 0 Å². The molecule has 1 saturated carbocycles. The van der Waals surface area contributed by atoms with E-state index in [1.165, 1.54) is 12.1 Å². The zero-order chi connectivity index (χ0) is 27.4. The van der Waals surface area contributed by atoms with E-state index in [9.17, 15) is 18.0 Å². The number of rotatable bonds is 6. The Morgan fingerprint density at radius 2 is 1.84 bits per heavy atom. The number of allylic oxidation sites excluding steroid dienone is 4. The van der Waals surface area contributed by atoms with Gasteiger partial charge in [0.25, 0.3) is 0 Å². The van der Waals surface area contributed by atoms with Gasteiger partial charge in [-0.05, 0) is 94.1 Å². The van der Waals surface area contributed by atoms with Crippen LogP contribution in [-0.2, 0) is 9.53 Å². The lowest BCUT2D eigenvalue weighted by atomic mass is 9.77. The standard InChI is InChI=1S/C29H32ClF4NO2/c1-18-5-13-23(29(32,33)34)24(30)14-15-26(18)35-21-11-12-22(25(31)17-21)20-9-6-19(7-10-20)8-16-27(36)37-28(2,3)4/h5,11-14,17,19-20,35H,1,6-10,16H2,2-4H3. The minimum Gasteiger partial charge on any atom is -0.460 e. The Morgan fingerprint density at radius 3 is 2.43 bits per heavy atom. The Balaban J connectivity index is 1.62. The number of benzene rings is 1. The Hall–Kier alpha value is -2.76. The molecule has 8 heteroatoms. The van der Waals surface area contributed by atoms with Crippen LogP contribution in [0, 0.1) is 11.7 Å². The maximum absolute atomic E-state index is 15.1. The number of carbonyl (C=O) groups is 1. The van der Waals surface area contributed by atoms with Crippen LogP contribution in [0.5, 0.6) is 0 Å². The normalized spacial score (nSPS) is 20.9. The van der Waals surface area contributed by atoms with Crippen LogP contribution < -0.4 is 5.32 Å². The molecule has 2 aliphatic carbocycles. The molecule has 1 fully saturated rings. The van der Waals surface area contributed by atoms with Crippen LogP contribution in [0.4, 0.5) is 23.2 Å². The molecule has 0 spiro atoms. The zero-order valence-corrected chi connectivity index (χ0v) is 22.0. The first-order valence-corrected chi connectivity index (χ1v) is 12.7. The molecule has 1 aromatic carbocycles. The van der Waals surface area contributed by atoms with Gasteiger partial charge in [0.1, 0.15) is 11.4 Å². The molecule has 0 bridgehead atoms. The molecular formula is C29H32ClF4NO2. The summed E-state index contributed by atoms with van der Waals surface area (Å²) in [6, 6.07) is 4.84. The van der Waals surface area contributed by atoms with Crippen molar-refractivity contribution < 1.29 is 27.1 Å². The molecule has 200 valence electrons. The summed E-state index contributed by atoms with van der Waals surface area (Å²) in [5.74, 6) is -0.0232. The molecule has 37 heavy (non-hydrogen) atoms. The van der Waals surface area contributed by atoms with Gasteiger partial charge in [-0.15, -0.1) is 0 Å². The maximum atomic E-state index is 15.1. The van der Waals surface area contributed by atoms with Gasteiger partial charge in [0.15, 0.2) is 0 Å². The second kappa shape index (κ2) is 11.7. The van der Waals surface area contributed by atoms with Gasteiger partial charge >= 0.3 is 12.1 Å². The number of hydrogen-bond donors (Lipinski definition) is 1. The van der Waals surface area contributed by atoms with E-state index in [4.69, 9.17) is 16.3 Å². The Morgan fingerprint density at radius 1 is 1.16 bits per heavy atom. The minimum atomic E-state index is -4.60. The molecular weight excluding hydrogens is 506 g/mol. The number of alkyl halides is 3. The molecule has 3 rings (SSSR count). The van der Waals surface area contributed by atoms with Gasteiger partial charge in [0.05, 0.1) is 16.3 Å². The van der Waals surface area contributed by atoms with Crippen molar-refractivity contribution >= 4 is 23.3 Å². The zero-order valence-electron chi connectivity index (χ0n) is 21.3. The first-order chi connectivity index (χ1) is 17.2. The molecule has 0 unspecified atom stereocenters. The Labute approximate surface area is 220 Å². The quantitative estimate of drug-likeness (QED) is 0.224. The fourth-order valence-corrected chi connectivity index (χ4v) is 4.78. The predicted octanol–water partition coefficient (Wildman–Crippen LogP) is 8.85. The first-order valence-electron chi connectivity index (χ1n) is 12.3. The van der Waals surface area contributed by atoms with E-state index in [1.54, 1.807) is 12.1 Å². The van der Waals surface area contributed by atoms with Crippen LogP contribution in [0.2, 0.25) is 0 Å². The molecule has 2 aliphatic rings. The van der Waals surface area contributed by atoms with Crippen LogP contribution in [-0.4, -0.2) is 17.7 Å². The topological polar surface area (TPSA) is 38.3 Å².